The molecule has 11 heteroatoms. The summed E-state index contributed by atoms with van der Waals surface area (Å²) in [5, 5.41) is 9.12. The fraction of sp³-hybridized carbons (Fsp3) is 0.300. The lowest BCUT2D eigenvalue weighted by atomic mass is 9.79. The molecule has 1 aliphatic heterocycles. The molecule has 4 rings (SSSR count). The van der Waals surface area contributed by atoms with Gasteiger partial charge in [-0.15, -0.1) is 11.3 Å². The van der Waals surface area contributed by atoms with E-state index in [-0.39, 0.29) is 13.2 Å². The highest BCUT2D eigenvalue weighted by Crippen LogP contribution is 2.44. The molecule has 0 saturated heterocycles. The number of aromatic nitrogens is 1. The maximum Gasteiger partial charge on any atom is 0.336 e. The zero-order valence-electron chi connectivity index (χ0n) is 23.7. The van der Waals surface area contributed by atoms with Crippen molar-refractivity contribution >= 4 is 50.0 Å². The Morgan fingerprint density at radius 1 is 0.976 bits per heavy atom. The van der Waals surface area contributed by atoms with E-state index in [0.717, 1.165) is 10.0 Å². The Labute approximate surface area is 251 Å². The average molecular weight is 643 g/mol. The number of carbonyl (C=O) groups excluding carboxylic acids is 2. The van der Waals surface area contributed by atoms with E-state index in [0.29, 0.717) is 56.1 Å². The van der Waals surface area contributed by atoms with Gasteiger partial charge >= 0.3 is 11.9 Å². The Hall–Kier alpha value is -3.83. The largest absolute Gasteiger partial charge is 0.496 e. The first-order valence-corrected chi connectivity index (χ1v) is 14.7. The molecule has 0 radical (unpaired) electrons. The third kappa shape index (κ3) is 6.25. The lowest BCUT2D eigenvalue weighted by Gasteiger charge is -2.31. The van der Waals surface area contributed by atoms with Crippen molar-refractivity contribution in [3.8, 4) is 22.8 Å². The second-order valence-corrected chi connectivity index (χ2v) is 10.7. The molecule has 2 N–H and O–H groups in total. The number of dihydropyridines is 1. The van der Waals surface area contributed by atoms with Gasteiger partial charge in [0.05, 0.1) is 54.7 Å². The number of nitrogens with zero attached hydrogens (tertiary/aromatic N) is 1. The predicted octanol–water partition coefficient (Wildman–Crippen LogP) is 6.69. The maximum atomic E-state index is 13.2. The zero-order valence-corrected chi connectivity index (χ0v) is 26.1. The number of para-hydroxylation sites is 1. The zero-order chi connectivity index (χ0) is 29.7. The van der Waals surface area contributed by atoms with Gasteiger partial charge in [-0.2, -0.15) is 0 Å². The molecular weight excluding hydrogens is 610 g/mol. The number of benzene rings is 2. The molecule has 41 heavy (non-hydrogen) atoms. The van der Waals surface area contributed by atoms with Crippen molar-refractivity contribution in [2.75, 3.05) is 32.8 Å². The number of thiazole rings is 1. The van der Waals surface area contributed by atoms with Crippen molar-refractivity contribution in [1.82, 2.24) is 10.3 Å². The van der Waals surface area contributed by atoms with Crippen LogP contribution in [0.15, 0.2) is 68.8 Å². The number of methoxy groups -OCH3 is 2. The first-order chi connectivity index (χ1) is 19.7. The molecule has 0 unspecified atom stereocenters. The molecule has 2 aromatic carbocycles. The second-order valence-electron chi connectivity index (χ2n) is 9.01. The van der Waals surface area contributed by atoms with Gasteiger partial charge < -0.3 is 29.6 Å². The van der Waals surface area contributed by atoms with Crippen molar-refractivity contribution in [3.05, 3.63) is 74.4 Å². The van der Waals surface area contributed by atoms with Crippen molar-refractivity contribution in [3.63, 3.8) is 0 Å². The maximum absolute atomic E-state index is 13.2. The number of allylic oxidation sites excluding steroid dienone is 2. The van der Waals surface area contributed by atoms with E-state index in [1.807, 2.05) is 35.7 Å². The van der Waals surface area contributed by atoms with Gasteiger partial charge in [-0.3, -0.25) is 0 Å². The average Bonchev–Trinajstić information content (AvgIpc) is 3.41. The lowest BCUT2D eigenvalue weighted by molar-refractivity contribution is -0.139. The molecule has 0 fully saturated rings. The first kappa shape index (κ1) is 30.1. The number of anilines is 2. The molecule has 1 aromatic heterocycles. The molecule has 3 aromatic rings. The van der Waals surface area contributed by atoms with E-state index in [1.165, 1.54) is 11.3 Å². The Morgan fingerprint density at radius 3 is 2.17 bits per heavy atom. The molecule has 0 amide bonds. The summed E-state index contributed by atoms with van der Waals surface area (Å²) in [6.45, 7) is 7.50. The highest BCUT2D eigenvalue weighted by Gasteiger charge is 2.39. The molecule has 9 nitrogen and oxygen atoms in total. The minimum Gasteiger partial charge on any atom is -0.496 e. The Bertz CT molecular complexity index is 1490. The minimum absolute atomic E-state index is 0.201. The third-order valence-corrected chi connectivity index (χ3v) is 7.90. The van der Waals surface area contributed by atoms with Crippen molar-refractivity contribution in [2.45, 2.75) is 33.6 Å². The number of esters is 2. The summed E-state index contributed by atoms with van der Waals surface area (Å²) in [4.78, 5) is 31.3. The van der Waals surface area contributed by atoms with E-state index in [4.69, 9.17) is 23.9 Å². The molecule has 0 atom stereocenters. The number of nitrogens with one attached hydrogen (secondary N) is 2. The van der Waals surface area contributed by atoms with Gasteiger partial charge in [0, 0.05) is 34.1 Å². The summed E-state index contributed by atoms with van der Waals surface area (Å²) in [7, 11) is 3.19. The molecule has 1 aliphatic rings. The Kier molecular flexibility index (Phi) is 9.72. The summed E-state index contributed by atoms with van der Waals surface area (Å²) in [5.74, 6) is -0.455. The Balaban J connectivity index is 1.78. The smallest absolute Gasteiger partial charge is 0.336 e. The van der Waals surface area contributed by atoms with Crippen LogP contribution >= 0.6 is 27.3 Å². The number of hydrogen-bond acceptors (Lipinski definition) is 10. The molecule has 216 valence electrons. The summed E-state index contributed by atoms with van der Waals surface area (Å²) in [6.07, 6.45) is 0. The van der Waals surface area contributed by atoms with Gasteiger partial charge in [0.25, 0.3) is 0 Å². The van der Waals surface area contributed by atoms with Crippen LogP contribution in [0.2, 0.25) is 0 Å². The number of rotatable bonds is 10. The lowest BCUT2D eigenvalue weighted by Crippen LogP contribution is -2.32. The van der Waals surface area contributed by atoms with Crippen LogP contribution in [0.1, 0.15) is 39.2 Å². The highest BCUT2D eigenvalue weighted by molar-refractivity contribution is 9.10. The summed E-state index contributed by atoms with van der Waals surface area (Å²) < 4.78 is 22.6. The van der Waals surface area contributed by atoms with Gasteiger partial charge in [0.1, 0.15) is 11.5 Å². The van der Waals surface area contributed by atoms with E-state index in [1.54, 1.807) is 48.0 Å². The van der Waals surface area contributed by atoms with Crippen LogP contribution < -0.4 is 20.1 Å². The second kappa shape index (κ2) is 13.2. The van der Waals surface area contributed by atoms with Gasteiger partial charge in [-0.05, 0) is 61.3 Å². The molecule has 0 saturated carbocycles. The fourth-order valence-corrected chi connectivity index (χ4v) is 5.98. The van der Waals surface area contributed by atoms with E-state index < -0.39 is 17.9 Å². The van der Waals surface area contributed by atoms with Gasteiger partial charge in [0.2, 0.25) is 0 Å². The van der Waals surface area contributed by atoms with Crippen LogP contribution in [0.5, 0.6) is 11.5 Å². The van der Waals surface area contributed by atoms with E-state index in [2.05, 4.69) is 26.6 Å². The normalized spacial score (nSPS) is 13.5. The van der Waals surface area contributed by atoms with Gasteiger partial charge in [-0.1, -0.05) is 18.2 Å². The Morgan fingerprint density at radius 2 is 1.59 bits per heavy atom. The van der Waals surface area contributed by atoms with Crippen molar-refractivity contribution < 1.29 is 28.5 Å². The van der Waals surface area contributed by atoms with Crippen LogP contribution in [0.25, 0.3) is 11.3 Å². The number of halogens is 1. The monoisotopic (exact) mass is 641 g/mol. The summed E-state index contributed by atoms with van der Waals surface area (Å²) >= 11 is 4.96. The van der Waals surface area contributed by atoms with Crippen LogP contribution in [-0.4, -0.2) is 44.4 Å². The molecule has 0 bridgehead atoms. The molecule has 2 heterocycles. The summed E-state index contributed by atoms with van der Waals surface area (Å²) in [5.41, 5.74) is 4.83. The quantitative estimate of drug-likeness (QED) is 0.234. The van der Waals surface area contributed by atoms with Gasteiger partial charge in [-0.25, -0.2) is 14.6 Å². The van der Waals surface area contributed by atoms with Crippen LogP contribution in [0.3, 0.4) is 0 Å². The molecule has 0 spiro atoms. The van der Waals surface area contributed by atoms with E-state index >= 15 is 0 Å². The SMILES string of the molecule is CCOC(=O)C1=C(C)NC(C)=C(C(=O)OCC)C1c1ccccc1Nc1nc(-c2cc(Br)c(OC)cc2OC)cs1. The number of carbonyl (C=O) groups is 2. The molecular formula is C30H32BrN3O6S. The molecule has 0 aliphatic carbocycles. The summed E-state index contributed by atoms with van der Waals surface area (Å²) in [6, 6.07) is 11.2. The van der Waals surface area contributed by atoms with E-state index in [9.17, 15) is 9.59 Å². The first-order valence-electron chi connectivity index (χ1n) is 13.0. The number of ether oxygens (including phenoxy) is 4. The third-order valence-electron chi connectivity index (χ3n) is 6.52. The van der Waals surface area contributed by atoms with Crippen molar-refractivity contribution in [1.29, 1.82) is 0 Å². The van der Waals surface area contributed by atoms with Crippen LogP contribution in [0, 0.1) is 0 Å². The fourth-order valence-electron chi connectivity index (χ4n) is 4.76. The highest BCUT2D eigenvalue weighted by atomic mass is 79.9. The predicted molar refractivity (Wildman–Crippen MR) is 163 cm³/mol. The van der Waals surface area contributed by atoms with Crippen molar-refractivity contribution in [2.24, 2.45) is 0 Å². The number of hydrogen-bond donors (Lipinski definition) is 2. The van der Waals surface area contributed by atoms with Gasteiger partial charge in [0.15, 0.2) is 5.13 Å². The van der Waals surface area contributed by atoms with Crippen LogP contribution in [-0.2, 0) is 19.1 Å². The topological polar surface area (TPSA) is 108 Å². The van der Waals surface area contributed by atoms with Crippen LogP contribution in [0.4, 0.5) is 10.8 Å². The standard InChI is InChI=1S/C30H32BrN3O6S/c1-7-39-28(35)25-16(3)32-17(4)26(29(36)40-8-2)27(25)18-11-9-10-12-21(18)33-30-34-22(15-41-30)19-13-20(31)24(38-6)14-23(19)37-5/h9-15,27,32H,7-8H2,1-6H3,(H,33,34). The minimum atomic E-state index is -0.727.